The van der Waals surface area contributed by atoms with Gasteiger partial charge in [0.15, 0.2) is 0 Å². The van der Waals surface area contributed by atoms with Crippen LogP contribution in [-0.4, -0.2) is 22.6 Å². The minimum Gasteiger partial charge on any atom is -0.466 e. The Balaban J connectivity index is 1.72. The fourth-order valence-electron chi connectivity index (χ4n) is 4.12. The highest BCUT2D eigenvalue weighted by molar-refractivity contribution is 6.31. The molecule has 0 amide bonds. The molecule has 1 aromatic heterocycles. The molecule has 0 aliphatic heterocycles. The number of unbranched alkanes of at least 4 members (excludes halogenated alkanes) is 1. The topological polar surface area (TPSA) is 44.1 Å². The van der Waals surface area contributed by atoms with Crippen LogP contribution in [0.25, 0.3) is 16.8 Å². The number of esters is 1. The highest BCUT2D eigenvalue weighted by Gasteiger charge is 2.16. The van der Waals surface area contributed by atoms with E-state index in [9.17, 15) is 4.79 Å². The number of methoxy groups -OCH3 is 1. The first-order valence-corrected chi connectivity index (χ1v) is 12.0. The predicted molar refractivity (Wildman–Crippen MR) is 139 cm³/mol. The molecule has 0 radical (unpaired) electrons. The number of aryl methyl sites for hydroxylation is 1. The van der Waals surface area contributed by atoms with Crippen LogP contribution in [-0.2, 0) is 28.9 Å². The molecule has 0 aliphatic rings. The maximum Gasteiger partial charge on any atom is 0.334 e. The monoisotopic (exact) mass is 472 g/mol. The van der Waals surface area contributed by atoms with Crippen LogP contribution < -0.4 is 0 Å². The molecule has 34 heavy (non-hydrogen) atoms. The molecular formula is C29H29ClN2O2. The van der Waals surface area contributed by atoms with Gasteiger partial charge in [-0.05, 0) is 40.5 Å². The van der Waals surface area contributed by atoms with E-state index in [2.05, 4.69) is 46.8 Å². The first kappa shape index (κ1) is 23.8. The van der Waals surface area contributed by atoms with E-state index in [-0.39, 0.29) is 5.97 Å². The van der Waals surface area contributed by atoms with Crippen LogP contribution in [0.1, 0.15) is 42.4 Å². The first-order chi connectivity index (χ1) is 16.6. The normalized spacial score (nSPS) is 11.7. The fourth-order valence-corrected chi connectivity index (χ4v) is 4.31. The molecule has 5 heteroatoms. The molecule has 4 aromatic rings. The summed E-state index contributed by atoms with van der Waals surface area (Å²) in [4.78, 5) is 17.4. The highest BCUT2D eigenvalue weighted by Crippen LogP contribution is 2.23. The first-order valence-electron chi connectivity index (χ1n) is 11.6. The minimum absolute atomic E-state index is 0.339. The molecule has 1 heterocycles. The summed E-state index contributed by atoms with van der Waals surface area (Å²) in [6.45, 7) is 2.76. The summed E-state index contributed by atoms with van der Waals surface area (Å²) in [6, 6.07) is 22.3. The molecule has 0 saturated heterocycles. The molecule has 0 unspecified atom stereocenters. The molecule has 0 saturated carbocycles. The minimum atomic E-state index is -0.339. The molecule has 0 N–H and O–H groups in total. The Morgan fingerprint density at radius 1 is 1.06 bits per heavy atom. The van der Waals surface area contributed by atoms with Gasteiger partial charge in [0.2, 0.25) is 0 Å². The molecule has 0 spiro atoms. The zero-order chi connectivity index (χ0) is 23.9. The third-order valence-electron chi connectivity index (χ3n) is 5.99. The molecular weight excluding hydrogens is 444 g/mol. The Bertz CT molecular complexity index is 1320. The van der Waals surface area contributed by atoms with Gasteiger partial charge in [0.05, 0.1) is 25.5 Å². The molecule has 174 valence electrons. The summed E-state index contributed by atoms with van der Waals surface area (Å²) >= 11 is 6.46. The van der Waals surface area contributed by atoms with Gasteiger partial charge in [0.1, 0.15) is 5.82 Å². The Kier molecular flexibility index (Phi) is 7.81. The zero-order valence-corrected chi connectivity index (χ0v) is 20.4. The largest absolute Gasteiger partial charge is 0.466 e. The summed E-state index contributed by atoms with van der Waals surface area (Å²) in [5.41, 5.74) is 3.52. The number of benzene rings is 3. The van der Waals surface area contributed by atoms with Crippen LogP contribution in [0.5, 0.6) is 0 Å². The average Bonchev–Trinajstić information content (AvgIpc) is 3.23. The number of nitrogens with zero attached hydrogens (tertiary/aromatic N) is 2. The van der Waals surface area contributed by atoms with Crippen molar-refractivity contribution in [3.63, 3.8) is 0 Å². The van der Waals surface area contributed by atoms with E-state index < -0.39 is 0 Å². The van der Waals surface area contributed by atoms with E-state index in [1.165, 1.54) is 12.5 Å². The van der Waals surface area contributed by atoms with Crippen molar-refractivity contribution in [2.75, 3.05) is 7.11 Å². The van der Waals surface area contributed by atoms with Gasteiger partial charge in [-0.1, -0.05) is 85.6 Å². The summed E-state index contributed by atoms with van der Waals surface area (Å²) in [5, 5.41) is 3.04. The summed E-state index contributed by atoms with van der Waals surface area (Å²) in [7, 11) is 1.42. The standard InChI is InChI=1S/C29H29ClN2O2/c1-3-4-13-28-31-19-26(32(28)20-24-11-7-8-12-27(24)30)18-25(29(33)34-2)17-21-14-15-22-9-5-6-10-23(22)16-21/h5-12,14-16,18-19H,3-4,13,17,20H2,1-2H3/b25-18+. The number of carbonyl (C=O) groups is 1. The van der Waals surface area contributed by atoms with Crippen molar-refractivity contribution in [3.8, 4) is 0 Å². The molecule has 4 rings (SSSR count). The van der Waals surface area contributed by atoms with Gasteiger partial charge in [0.25, 0.3) is 0 Å². The van der Waals surface area contributed by atoms with E-state index in [0.29, 0.717) is 18.5 Å². The molecule has 4 nitrogen and oxygen atoms in total. The van der Waals surface area contributed by atoms with Crippen LogP contribution in [0.2, 0.25) is 5.02 Å². The van der Waals surface area contributed by atoms with Crippen LogP contribution in [0.4, 0.5) is 0 Å². The fraction of sp³-hybridized carbons (Fsp3) is 0.241. The lowest BCUT2D eigenvalue weighted by Gasteiger charge is -2.13. The van der Waals surface area contributed by atoms with Crippen molar-refractivity contribution >= 4 is 34.4 Å². The van der Waals surface area contributed by atoms with Crippen molar-refractivity contribution < 1.29 is 9.53 Å². The van der Waals surface area contributed by atoms with E-state index in [1.807, 2.05) is 48.7 Å². The van der Waals surface area contributed by atoms with Crippen LogP contribution in [0.3, 0.4) is 0 Å². The van der Waals surface area contributed by atoms with Gasteiger partial charge in [-0.2, -0.15) is 0 Å². The number of ether oxygens (including phenoxy) is 1. The Morgan fingerprint density at radius 3 is 2.59 bits per heavy atom. The third kappa shape index (κ3) is 5.57. The van der Waals surface area contributed by atoms with Gasteiger partial charge in [-0.15, -0.1) is 0 Å². The third-order valence-corrected chi connectivity index (χ3v) is 6.36. The Morgan fingerprint density at radius 2 is 1.82 bits per heavy atom. The second-order valence-corrected chi connectivity index (χ2v) is 8.81. The summed E-state index contributed by atoms with van der Waals surface area (Å²) in [6.07, 6.45) is 7.21. The van der Waals surface area contributed by atoms with Crippen molar-refractivity contribution in [2.24, 2.45) is 0 Å². The molecule has 0 aliphatic carbocycles. The highest BCUT2D eigenvalue weighted by atomic mass is 35.5. The average molecular weight is 473 g/mol. The summed E-state index contributed by atoms with van der Waals surface area (Å²) < 4.78 is 7.29. The number of carbonyl (C=O) groups excluding carboxylic acids is 1. The van der Waals surface area contributed by atoms with Crippen LogP contribution in [0, 0.1) is 0 Å². The molecule has 0 bridgehead atoms. The molecule has 0 atom stereocenters. The lowest BCUT2D eigenvalue weighted by atomic mass is 10.0. The van der Waals surface area contributed by atoms with Gasteiger partial charge in [-0.25, -0.2) is 9.78 Å². The maximum absolute atomic E-state index is 12.7. The van der Waals surface area contributed by atoms with Crippen molar-refractivity contribution in [2.45, 2.75) is 39.2 Å². The number of fused-ring (bicyclic) bond motifs is 1. The maximum atomic E-state index is 12.7. The molecule has 3 aromatic carbocycles. The van der Waals surface area contributed by atoms with E-state index in [1.54, 1.807) is 0 Å². The second-order valence-electron chi connectivity index (χ2n) is 8.40. The Hall–Kier alpha value is -3.37. The van der Waals surface area contributed by atoms with Crippen LogP contribution >= 0.6 is 11.6 Å². The smallest absolute Gasteiger partial charge is 0.334 e. The second kappa shape index (κ2) is 11.2. The summed E-state index contributed by atoms with van der Waals surface area (Å²) in [5.74, 6) is 0.650. The number of imidazole rings is 1. The van der Waals surface area contributed by atoms with Gasteiger partial charge < -0.3 is 9.30 Å². The van der Waals surface area contributed by atoms with Crippen LogP contribution in [0.15, 0.2) is 78.5 Å². The van der Waals surface area contributed by atoms with Crippen molar-refractivity contribution in [1.82, 2.24) is 9.55 Å². The van der Waals surface area contributed by atoms with Crippen molar-refractivity contribution in [3.05, 3.63) is 106 Å². The lowest BCUT2D eigenvalue weighted by molar-refractivity contribution is -0.136. The van der Waals surface area contributed by atoms with Crippen molar-refractivity contribution in [1.29, 1.82) is 0 Å². The zero-order valence-electron chi connectivity index (χ0n) is 19.6. The predicted octanol–water partition coefficient (Wildman–Crippen LogP) is 6.88. The SMILES string of the molecule is CCCCc1ncc(/C=C(\Cc2ccc3ccccc3c2)C(=O)OC)n1Cc1ccccc1Cl. The van der Waals surface area contributed by atoms with E-state index in [4.69, 9.17) is 16.3 Å². The molecule has 0 fully saturated rings. The number of aromatic nitrogens is 2. The van der Waals surface area contributed by atoms with Gasteiger partial charge in [0, 0.05) is 23.4 Å². The van der Waals surface area contributed by atoms with E-state index >= 15 is 0 Å². The number of rotatable bonds is 9. The van der Waals surface area contributed by atoms with Gasteiger partial charge >= 0.3 is 5.97 Å². The number of hydrogen-bond acceptors (Lipinski definition) is 3. The Labute approximate surface area is 205 Å². The van der Waals surface area contributed by atoms with E-state index in [0.717, 1.165) is 52.3 Å². The lowest BCUT2D eigenvalue weighted by Crippen LogP contribution is -2.11. The number of halogens is 1. The quantitative estimate of drug-likeness (QED) is 0.197. The van der Waals surface area contributed by atoms with Gasteiger partial charge in [-0.3, -0.25) is 0 Å². The number of hydrogen-bond donors (Lipinski definition) is 0.